The van der Waals surface area contributed by atoms with Gasteiger partial charge in [0.15, 0.2) is 12.1 Å². The van der Waals surface area contributed by atoms with Gasteiger partial charge in [0.1, 0.15) is 17.8 Å². The molecule has 9 atom stereocenters. The van der Waals surface area contributed by atoms with E-state index in [0.29, 0.717) is 56.7 Å². The van der Waals surface area contributed by atoms with Crippen LogP contribution in [0.25, 0.3) is 0 Å². The summed E-state index contributed by atoms with van der Waals surface area (Å²) in [5.41, 5.74) is -1.65. The van der Waals surface area contributed by atoms with Crippen LogP contribution >= 0.6 is 0 Å². The third kappa shape index (κ3) is 17.5. The maximum absolute atomic E-state index is 12.6. The third-order valence-corrected chi connectivity index (χ3v) is 8.70. The van der Waals surface area contributed by atoms with Crippen molar-refractivity contribution in [3.63, 3.8) is 0 Å². The number of hydrogen-bond acceptors (Lipinski definition) is 10. The Bertz CT molecular complexity index is 781. The summed E-state index contributed by atoms with van der Waals surface area (Å²) in [5.74, 6) is -1.67. The van der Waals surface area contributed by atoms with Crippen molar-refractivity contribution < 1.29 is 39.1 Å². The highest BCUT2D eigenvalue weighted by Crippen LogP contribution is 2.30. The molecule has 0 saturated carbocycles. The van der Waals surface area contributed by atoms with E-state index >= 15 is 0 Å². The van der Waals surface area contributed by atoms with E-state index in [-0.39, 0.29) is 18.0 Å². The average molecular weight is 665 g/mol. The first-order valence-electron chi connectivity index (χ1n) is 17.9. The van der Waals surface area contributed by atoms with Crippen molar-refractivity contribution in [1.29, 1.82) is 0 Å². The molecule has 10 nitrogen and oxygen atoms in total. The molecule has 1 aliphatic heterocycles. The van der Waals surface area contributed by atoms with Gasteiger partial charge in [0.05, 0.1) is 18.1 Å². The molecule has 3 N–H and O–H groups in total. The normalized spacial score (nSPS) is 23.8. The van der Waals surface area contributed by atoms with Crippen molar-refractivity contribution in [2.45, 2.75) is 183 Å². The lowest BCUT2D eigenvalue weighted by atomic mass is 9.86. The Morgan fingerprint density at radius 2 is 1.57 bits per heavy atom. The number of ether oxygens (including phenoxy) is 4. The summed E-state index contributed by atoms with van der Waals surface area (Å²) in [4.78, 5) is 16.7. The summed E-state index contributed by atoms with van der Waals surface area (Å²) < 4.78 is 22.8. The number of aliphatic hydroxyl groups is 3. The third-order valence-electron chi connectivity index (χ3n) is 8.70. The fourth-order valence-corrected chi connectivity index (χ4v) is 5.62. The smallest absolute Gasteiger partial charge is 0.309 e. The van der Waals surface area contributed by atoms with Crippen LogP contribution in [-0.2, 0) is 23.7 Å². The molecule has 6 unspecified atom stereocenters. The maximum atomic E-state index is 12.6. The van der Waals surface area contributed by atoms with E-state index in [1.165, 1.54) is 6.92 Å². The van der Waals surface area contributed by atoms with E-state index in [1.807, 2.05) is 109 Å². The van der Waals surface area contributed by atoms with E-state index in [4.69, 9.17) is 18.9 Å². The van der Waals surface area contributed by atoms with Crippen LogP contribution in [0.15, 0.2) is 0 Å². The summed E-state index contributed by atoms with van der Waals surface area (Å²) >= 11 is 0. The number of esters is 1. The minimum absolute atomic E-state index is 0.0382. The van der Waals surface area contributed by atoms with Gasteiger partial charge in [0.25, 0.3) is 0 Å². The maximum Gasteiger partial charge on any atom is 0.309 e. The average Bonchev–Trinajstić information content (AvgIpc) is 2.98. The zero-order valence-electron chi connectivity index (χ0n) is 32.6. The van der Waals surface area contributed by atoms with Gasteiger partial charge in [-0.2, -0.15) is 0 Å². The van der Waals surface area contributed by atoms with E-state index in [1.54, 1.807) is 0 Å². The van der Waals surface area contributed by atoms with Crippen LogP contribution in [0, 0.1) is 11.8 Å². The Labute approximate surface area is 283 Å². The highest BCUT2D eigenvalue weighted by Gasteiger charge is 2.45. The van der Waals surface area contributed by atoms with Crippen LogP contribution in [-0.4, -0.2) is 120 Å². The molecular weight excluding hydrogens is 588 g/mol. The van der Waals surface area contributed by atoms with E-state index < -0.39 is 35.9 Å². The van der Waals surface area contributed by atoms with E-state index in [2.05, 4.69) is 4.90 Å². The van der Waals surface area contributed by atoms with Crippen LogP contribution in [0.3, 0.4) is 0 Å². The molecule has 278 valence electrons. The summed E-state index contributed by atoms with van der Waals surface area (Å²) in [7, 11) is 5.91. The highest BCUT2D eigenvalue weighted by molar-refractivity contribution is 5.72. The minimum Gasteiger partial charge on any atom is -0.459 e. The molecule has 0 spiro atoms. The second-order valence-electron chi connectivity index (χ2n) is 13.9. The van der Waals surface area contributed by atoms with Gasteiger partial charge in [0.2, 0.25) is 0 Å². The van der Waals surface area contributed by atoms with Crippen LogP contribution in [0.5, 0.6) is 0 Å². The van der Waals surface area contributed by atoms with Crippen molar-refractivity contribution in [1.82, 2.24) is 9.80 Å². The summed E-state index contributed by atoms with van der Waals surface area (Å²) in [6.45, 7) is 26.3. The lowest BCUT2D eigenvalue weighted by Gasteiger charge is -2.42. The monoisotopic (exact) mass is 665 g/mol. The number of hydrogen-bond donors (Lipinski definition) is 3. The van der Waals surface area contributed by atoms with E-state index in [0.717, 1.165) is 13.0 Å². The molecule has 0 amide bonds. The number of rotatable bonds is 18. The molecule has 10 heteroatoms. The molecule has 1 saturated heterocycles. The highest BCUT2D eigenvalue weighted by atomic mass is 16.7. The van der Waals surface area contributed by atoms with Crippen LogP contribution < -0.4 is 0 Å². The predicted molar refractivity (Wildman–Crippen MR) is 188 cm³/mol. The molecular formula is C36H76N2O8. The zero-order chi connectivity index (χ0) is 36.4. The van der Waals surface area contributed by atoms with E-state index in [9.17, 15) is 20.1 Å². The van der Waals surface area contributed by atoms with Crippen LogP contribution in [0.2, 0.25) is 0 Å². The SMILES string of the molecule is CC.CCOC(C)C.CC[C@@H](OC(=O)C(C)CC(C)C)[C@@](C)(O)C(O)C(C)N(C)CC[C@@](O)(CC)OC1CC(N(C)C)CC(C)O1. The summed E-state index contributed by atoms with van der Waals surface area (Å²) in [6.07, 6.45) is 1.26. The number of nitrogens with zero attached hydrogens (tertiary/aromatic N) is 2. The van der Waals surface area contributed by atoms with Gasteiger partial charge in [-0.1, -0.05) is 48.5 Å². The predicted octanol–water partition coefficient (Wildman–Crippen LogP) is 5.84. The molecule has 1 heterocycles. The van der Waals surface area contributed by atoms with Gasteiger partial charge in [0, 0.05) is 38.1 Å². The first-order valence-corrected chi connectivity index (χ1v) is 17.9. The fourth-order valence-electron chi connectivity index (χ4n) is 5.62. The molecule has 0 aromatic heterocycles. The molecule has 0 radical (unpaired) electrons. The van der Waals surface area contributed by atoms with Gasteiger partial charge < -0.3 is 44.1 Å². The fraction of sp³-hybridized carbons (Fsp3) is 0.972. The Morgan fingerprint density at radius 3 is 1.98 bits per heavy atom. The second-order valence-corrected chi connectivity index (χ2v) is 13.9. The lowest BCUT2D eigenvalue weighted by Crippen LogP contribution is -2.59. The Morgan fingerprint density at radius 1 is 1.00 bits per heavy atom. The molecule has 0 aliphatic carbocycles. The molecule has 0 bridgehead atoms. The molecule has 46 heavy (non-hydrogen) atoms. The number of likely N-dealkylation sites (N-methyl/N-ethyl adjacent to an activating group) is 1. The second kappa shape index (κ2) is 23.5. The summed E-state index contributed by atoms with van der Waals surface area (Å²) in [5, 5.41) is 33.7. The number of aliphatic hydroxyl groups excluding tert-OH is 1. The van der Waals surface area contributed by atoms with Gasteiger partial charge in [-0.25, -0.2) is 0 Å². The topological polar surface area (TPSA) is 121 Å². The molecule has 1 rings (SSSR count). The first-order chi connectivity index (χ1) is 21.2. The Hall–Kier alpha value is -0.850. The van der Waals surface area contributed by atoms with Crippen LogP contribution in [0.1, 0.15) is 129 Å². The molecule has 1 aliphatic rings. The van der Waals surface area contributed by atoms with Crippen molar-refractivity contribution >= 4 is 5.97 Å². The zero-order valence-corrected chi connectivity index (χ0v) is 32.6. The van der Waals surface area contributed by atoms with Crippen molar-refractivity contribution in [2.24, 2.45) is 11.8 Å². The molecule has 0 aromatic rings. The van der Waals surface area contributed by atoms with Crippen LogP contribution in [0.4, 0.5) is 0 Å². The Kier molecular flexibility index (Phi) is 24.1. The lowest BCUT2D eigenvalue weighted by molar-refractivity contribution is -0.317. The van der Waals surface area contributed by atoms with Crippen molar-refractivity contribution in [2.75, 3.05) is 34.3 Å². The van der Waals surface area contributed by atoms with Crippen molar-refractivity contribution in [3.05, 3.63) is 0 Å². The van der Waals surface area contributed by atoms with Gasteiger partial charge in [-0.15, -0.1) is 0 Å². The molecule has 0 aromatic carbocycles. The minimum atomic E-state index is -1.65. The number of carbonyl (C=O) groups is 1. The van der Waals surface area contributed by atoms with Crippen molar-refractivity contribution in [3.8, 4) is 0 Å². The van der Waals surface area contributed by atoms with Gasteiger partial charge in [-0.05, 0) is 94.3 Å². The molecule has 1 fully saturated rings. The summed E-state index contributed by atoms with van der Waals surface area (Å²) in [6, 6.07) is -0.157. The largest absolute Gasteiger partial charge is 0.459 e. The standard InChI is InChI=1S/C29H58N2O7.C5H12O.C2H6/c1-12-24(37-27(33)20(5)16-19(3)4)28(8,34)26(32)22(7)31(11)15-14-29(35,13-2)38-25-18-23(30(9)10)17-21(6)36-25;1-4-6-5(2)3;1-2/h19-26,32,34-35H,12-18H2,1-11H3;5H,4H2,1-3H3;1-2H3/t20?,21?,22?,23?,24-,25?,26?,28-,29-;;/m1../s1. The quantitative estimate of drug-likeness (QED) is 0.122. The van der Waals surface area contributed by atoms with Gasteiger partial charge in [-0.3, -0.25) is 4.79 Å². The van der Waals surface area contributed by atoms with Gasteiger partial charge >= 0.3 is 5.97 Å². The Balaban J connectivity index is 0. The first kappa shape index (κ1) is 47.3. The number of carbonyl (C=O) groups excluding carboxylic acids is 1.